The molecule has 0 unspecified atom stereocenters. The average molecular weight is 389 g/mol. The molecule has 2 aliphatic heterocycles. The zero-order valence-electron chi connectivity index (χ0n) is 17.3. The van der Waals surface area contributed by atoms with Gasteiger partial charge in [0.1, 0.15) is 0 Å². The van der Waals surface area contributed by atoms with E-state index in [1.54, 1.807) is 4.90 Å². The lowest BCUT2D eigenvalue weighted by molar-refractivity contribution is -0.139. The van der Waals surface area contributed by atoms with Crippen LogP contribution in [0, 0.1) is 13.8 Å². The van der Waals surface area contributed by atoms with Gasteiger partial charge in [-0.15, -0.1) is 0 Å². The average Bonchev–Trinajstić information content (AvgIpc) is 3.22. The number of benzene rings is 2. The standard InChI is InChI=1S/C25H28N2O2/c1-17-5-7-19-20-8-6-18(2)15-22(20)25(21(19)14-17)9-12-26(13-10-25)24(29)16-27-11-3-4-23(27)28/h5-8,14-15H,3-4,9-13,16H2,1-2H3. The van der Waals surface area contributed by atoms with Crippen molar-refractivity contribution in [3.63, 3.8) is 0 Å². The number of hydrogen-bond acceptors (Lipinski definition) is 2. The molecule has 2 amide bonds. The first-order valence-corrected chi connectivity index (χ1v) is 10.8. The molecule has 0 N–H and O–H groups in total. The van der Waals surface area contributed by atoms with E-state index in [-0.39, 0.29) is 23.8 Å². The quantitative estimate of drug-likeness (QED) is 0.785. The Kier molecular flexibility index (Phi) is 4.27. The smallest absolute Gasteiger partial charge is 0.242 e. The number of amides is 2. The summed E-state index contributed by atoms with van der Waals surface area (Å²) in [7, 11) is 0. The Morgan fingerprint density at radius 1 is 0.931 bits per heavy atom. The van der Waals surface area contributed by atoms with Crippen LogP contribution in [0.5, 0.6) is 0 Å². The minimum atomic E-state index is 0.00293. The molecule has 4 heteroatoms. The maximum absolute atomic E-state index is 12.8. The Labute approximate surface area is 172 Å². The van der Waals surface area contributed by atoms with Gasteiger partial charge in [-0.2, -0.15) is 0 Å². The molecule has 1 spiro atoms. The Balaban J connectivity index is 1.42. The lowest BCUT2D eigenvalue weighted by atomic mass is 9.70. The van der Waals surface area contributed by atoms with Crippen molar-refractivity contribution < 1.29 is 9.59 Å². The number of fused-ring (bicyclic) bond motifs is 5. The molecule has 1 aliphatic carbocycles. The summed E-state index contributed by atoms with van der Waals surface area (Å²) in [5, 5.41) is 0. The lowest BCUT2D eigenvalue weighted by Gasteiger charge is -2.41. The first-order valence-electron chi connectivity index (χ1n) is 10.8. The fourth-order valence-electron chi connectivity index (χ4n) is 5.53. The monoisotopic (exact) mass is 388 g/mol. The summed E-state index contributed by atoms with van der Waals surface area (Å²) in [6, 6.07) is 13.6. The molecule has 0 bridgehead atoms. The van der Waals surface area contributed by atoms with E-state index >= 15 is 0 Å². The fraction of sp³-hybridized carbons (Fsp3) is 0.440. The number of hydrogen-bond donors (Lipinski definition) is 0. The van der Waals surface area contributed by atoms with Crippen LogP contribution in [0.2, 0.25) is 0 Å². The van der Waals surface area contributed by atoms with E-state index in [0.29, 0.717) is 6.42 Å². The van der Waals surface area contributed by atoms with Crippen LogP contribution in [-0.4, -0.2) is 47.8 Å². The van der Waals surface area contributed by atoms with Gasteiger partial charge in [0.25, 0.3) is 0 Å². The van der Waals surface area contributed by atoms with Gasteiger partial charge in [0.05, 0.1) is 6.54 Å². The highest BCUT2D eigenvalue weighted by Crippen LogP contribution is 2.54. The molecule has 2 fully saturated rings. The van der Waals surface area contributed by atoms with Crippen molar-refractivity contribution in [3.8, 4) is 11.1 Å². The third-order valence-electron chi connectivity index (χ3n) is 7.14. The summed E-state index contributed by atoms with van der Waals surface area (Å²) >= 11 is 0. The van der Waals surface area contributed by atoms with E-state index in [2.05, 4.69) is 50.2 Å². The SMILES string of the molecule is Cc1ccc2c(c1)C1(CCN(C(=O)CN3CCCC3=O)CC1)c1cc(C)ccc1-2. The van der Waals surface area contributed by atoms with Crippen LogP contribution in [0.4, 0.5) is 0 Å². The first-order chi connectivity index (χ1) is 14.0. The molecule has 5 rings (SSSR count). The van der Waals surface area contributed by atoms with Crippen LogP contribution in [0.1, 0.15) is 47.9 Å². The number of carbonyl (C=O) groups is 2. The zero-order chi connectivity index (χ0) is 20.2. The number of nitrogens with zero attached hydrogens (tertiary/aromatic N) is 2. The maximum Gasteiger partial charge on any atom is 0.242 e. The van der Waals surface area contributed by atoms with Crippen molar-refractivity contribution >= 4 is 11.8 Å². The van der Waals surface area contributed by atoms with Gasteiger partial charge in [-0.25, -0.2) is 0 Å². The van der Waals surface area contributed by atoms with Crippen LogP contribution in [0.25, 0.3) is 11.1 Å². The van der Waals surface area contributed by atoms with Crippen LogP contribution >= 0.6 is 0 Å². The summed E-state index contributed by atoms with van der Waals surface area (Å²) in [5.74, 6) is 0.221. The molecule has 4 nitrogen and oxygen atoms in total. The highest BCUT2D eigenvalue weighted by atomic mass is 16.2. The second kappa shape index (κ2) is 6.72. The van der Waals surface area contributed by atoms with Gasteiger partial charge in [0, 0.05) is 31.5 Å². The molecule has 2 heterocycles. The van der Waals surface area contributed by atoms with Gasteiger partial charge < -0.3 is 9.80 Å². The summed E-state index contributed by atoms with van der Waals surface area (Å²) < 4.78 is 0. The molecular weight excluding hydrogens is 360 g/mol. The third-order valence-corrected chi connectivity index (χ3v) is 7.14. The summed E-state index contributed by atoms with van der Waals surface area (Å²) in [6.07, 6.45) is 3.35. The Morgan fingerprint density at radius 3 is 2.03 bits per heavy atom. The molecule has 0 radical (unpaired) electrons. The van der Waals surface area contributed by atoms with Crippen molar-refractivity contribution in [2.24, 2.45) is 0 Å². The predicted octanol–water partition coefficient (Wildman–Crippen LogP) is 3.81. The largest absolute Gasteiger partial charge is 0.341 e. The van der Waals surface area contributed by atoms with Gasteiger partial charge in [-0.1, -0.05) is 47.5 Å². The molecule has 0 atom stereocenters. The highest BCUT2D eigenvalue weighted by Gasteiger charge is 2.45. The molecule has 0 aromatic heterocycles. The molecule has 2 aromatic rings. The predicted molar refractivity (Wildman–Crippen MR) is 114 cm³/mol. The minimum absolute atomic E-state index is 0.00293. The van der Waals surface area contributed by atoms with Crippen molar-refractivity contribution in [2.45, 2.75) is 44.9 Å². The molecule has 29 heavy (non-hydrogen) atoms. The number of carbonyl (C=O) groups excluding carboxylic acids is 2. The van der Waals surface area contributed by atoms with Gasteiger partial charge in [0.15, 0.2) is 0 Å². The van der Waals surface area contributed by atoms with E-state index < -0.39 is 0 Å². The summed E-state index contributed by atoms with van der Waals surface area (Å²) in [6.45, 7) is 6.80. The van der Waals surface area contributed by atoms with E-state index in [4.69, 9.17) is 0 Å². The maximum atomic E-state index is 12.8. The first kappa shape index (κ1) is 18.4. The fourth-order valence-corrected chi connectivity index (χ4v) is 5.53. The van der Waals surface area contributed by atoms with E-state index in [9.17, 15) is 9.59 Å². The van der Waals surface area contributed by atoms with Crippen LogP contribution < -0.4 is 0 Å². The Hall–Kier alpha value is -2.62. The van der Waals surface area contributed by atoms with Crippen LogP contribution in [0.15, 0.2) is 36.4 Å². The molecule has 2 saturated heterocycles. The summed E-state index contributed by atoms with van der Waals surface area (Å²) in [4.78, 5) is 28.4. The van der Waals surface area contributed by atoms with Crippen LogP contribution in [-0.2, 0) is 15.0 Å². The topological polar surface area (TPSA) is 40.6 Å². The van der Waals surface area contributed by atoms with Gasteiger partial charge in [0.2, 0.25) is 11.8 Å². The third kappa shape index (κ3) is 2.88. The zero-order valence-corrected chi connectivity index (χ0v) is 17.3. The van der Waals surface area contributed by atoms with Crippen LogP contribution in [0.3, 0.4) is 0 Å². The highest BCUT2D eigenvalue weighted by molar-refractivity contribution is 5.86. The van der Waals surface area contributed by atoms with E-state index in [1.165, 1.54) is 33.4 Å². The number of rotatable bonds is 2. The van der Waals surface area contributed by atoms with E-state index in [1.807, 2.05) is 4.90 Å². The second-order valence-corrected chi connectivity index (χ2v) is 8.98. The molecule has 3 aliphatic rings. The number of likely N-dealkylation sites (tertiary alicyclic amines) is 2. The van der Waals surface area contributed by atoms with Crippen molar-refractivity contribution in [1.29, 1.82) is 0 Å². The molecule has 150 valence electrons. The van der Waals surface area contributed by atoms with Gasteiger partial charge in [-0.3, -0.25) is 9.59 Å². The number of piperidine rings is 1. The molecule has 2 aromatic carbocycles. The molecule has 0 saturated carbocycles. The minimum Gasteiger partial charge on any atom is -0.341 e. The van der Waals surface area contributed by atoms with Crippen molar-refractivity contribution in [1.82, 2.24) is 9.80 Å². The molecular formula is C25H28N2O2. The second-order valence-electron chi connectivity index (χ2n) is 8.98. The Bertz CT molecular complexity index is 948. The normalized spacial score (nSPS) is 19.6. The van der Waals surface area contributed by atoms with Gasteiger partial charge >= 0.3 is 0 Å². The number of aryl methyl sites for hydroxylation is 2. The van der Waals surface area contributed by atoms with Gasteiger partial charge in [-0.05, 0) is 55.4 Å². The van der Waals surface area contributed by atoms with Crippen molar-refractivity contribution in [2.75, 3.05) is 26.2 Å². The van der Waals surface area contributed by atoms with E-state index in [0.717, 1.165) is 38.9 Å². The van der Waals surface area contributed by atoms with Crippen molar-refractivity contribution in [3.05, 3.63) is 58.7 Å². The Morgan fingerprint density at radius 2 is 1.52 bits per heavy atom. The summed E-state index contributed by atoms with van der Waals surface area (Å²) in [5.41, 5.74) is 8.15. The lowest BCUT2D eigenvalue weighted by Crippen LogP contribution is -2.48.